The summed E-state index contributed by atoms with van der Waals surface area (Å²) >= 11 is 0. The number of benzene rings is 1. The molecule has 194 valence electrons. The van der Waals surface area contributed by atoms with Gasteiger partial charge in [-0.1, -0.05) is 25.1 Å². The molecule has 4 N–H and O–H groups in total. The van der Waals surface area contributed by atoms with Crippen molar-refractivity contribution in [2.75, 3.05) is 12.0 Å². The molecular formula is C29H38N2O5. The fourth-order valence-corrected chi connectivity index (χ4v) is 9.10. The number of hydrogen-bond acceptors (Lipinski definition) is 7. The van der Waals surface area contributed by atoms with Crippen LogP contribution >= 0.6 is 0 Å². The minimum absolute atomic E-state index is 0.0265. The van der Waals surface area contributed by atoms with Crippen molar-refractivity contribution in [1.82, 2.24) is 0 Å². The molecule has 8 atom stereocenters. The van der Waals surface area contributed by atoms with Gasteiger partial charge in [-0.3, -0.25) is 5.43 Å². The fraction of sp³-hybridized carbons (Fsp3) is 0.655. The van der Waals surface area contributed by atoms with E-state index < -0.39 is 22.7 Å². The third-order valence-corrected chi connectivity index (χ3v) is 10.9. The predicted octanol–water partition coefficient (Wildman–Crippen LogP) is 3.80. The summed E-state index contributed by atoms with van der Waals surface area (Å²) in [4.78, 5) is 11.8. The molecule has 6 rings (SSSR count). The molecule has 4 aliphatic carbocycles. The lowest BCUT2D eigenvalue weighted by atomic mass is 9.41. The maximum Gasteiger partial charge on any atom is 0.331 e. The largest absolute Gasteiger partial charge is 0.458 e. The lowest BCUT2D eigenvalue weighted by molar-refractivity contribution is -0.237. The molecule has 0 spiro atoms. The molecule has 0 aromatic heterocycles. The molecule has 1 aromatic rings. The van der Waals surface area contributed by atoms with Crippen LogP contribution in [-0.4, -0.2) is 51.4 Å². The van der Waals surface area contributed by atoms with Gasteiger partial charge in [0.25, 0.3) is 0 Å². The van der Waals surface area contributed by atoms with Crippen LogP contribution in [0.25, 0.3) is 0 Å². The lowest BCUT2D eigenvalue weighted by Crippen LogP contribution is -2.68. The number of esters is 1. The molecule has 7 nitrogen and oxygen atoms in total. The van der Waals surface area contributed by atoms with Crippen LogP contribution in [0.2, 0.25) is 0 Å². The molecular weight excluding hydrogens is 456 g/mol. The standard InChI is InChI=1S/C29H38N2O5/c1-26-11-8-23-24(29(26,35)14-10-22(26)19-15-25(33)36-17-19)9-13-28(34)16-21(32)7-12-27(23,28)18-30-31-20-5-3-2-4-6-20/h2-6,15,18,21-24,31-32,34-35H,7-14,16-17H2,1H3/b30-18-/t21-,22-,23+,24-,26+,27-,28-,29-/m0/s1. The average Bonchev–Trinajstić information content (AvgIpc) is 3.40. The maximum atomic E-state index is 12.5. The van der Waals surface area contributed by atoms with Crippen LogP contribution in [0.3, 0.4) is 0 Å². The summed E-state index contributed by atoms with van der Waals surface area (Å²) in [7, 11) is 0. The number of cyclic esters (lactones) is 1. The smallest absolute Gasteiger partial charge is 0.331 e. The van der Waals surface area contributed by atoms with Crippen molar-refractivity contribution in [2.24, 2.45) is 33.7 Å². The van der Waals surface area contributed by atoms with Crippen molar-refractivity contribution in [3.8, 4) is 0 Å². The van der Waals surface area contributed by atoms with E-state index in [-0.39, 0.29) is 29.1 Å². The zero-order valence-electron chi connectivity index (χ0n) is 21.0. The SMILES string of the molecule is C[C@]12CC[C@@H]3[C@H](CC[C@]4(O)C[C@@H](O)CC[C@]34/C=N\Nc3ccccc3)[C@@]1(O)CC[C@H]2C1=CC(=O)OC1. The molecule has 1 aromatic carbocycles. The van der Waals surface area contributed by atoms with Gasteiger partial charge in [-0.25, -0.2) is 4.79 Å². The Balaban J connectivity index is 1.35. The Morgan fingerprint density at radius 2 is 1.81 bits per heavy atom. The van der Waals surface area contributed by atoms with Crippen LogP contribution < -0.4 is 5.43 Å². The molecule has 0 amide bonds. The number of para-hydroxylation sites is 1. The highest BCUT2D eigenvalue weighted by Gasteiger charge is 2.71. The van der Waals surface area contributed by atoms with Gasteiger partial charge in [-0.15, -0.1) is 0 Å². The summed E-state index contributed by atoms with van der Waals surface area (Å²) in [5.41, 5.74) is 2.16. The molecule has 0 radical (unpaired) electrons. The van der Waals surface area contributed by atoms with Crippen molar-refractivity contribution in [2.45, 2.75) is 82.0 Å². The average molecular weight is 495 g/mol. The number of ether oxygens (including phenoxy) is 1. The minimum atomic E-state index is -1.05. The number of hydrazone groups is 1. The summed E-state index contributed by atoms with van der Waals surface area (Å²) in [5, 5.41) is 39.7. The van der Waals surface area contributed by atoms with Crippen molar-refractivity contribution in [3.05, 3.63) is 42.0 Å². The third-order valence-electron chi connectivity index (χ3n) is 10.9. The Morgan fingerprint density at radius 1 is 1.03 bits per heavy atom. The molecule has 36 heavy (non-hydrogen) atoms. The lowest BCUT2D eigenvalue weighted by Gasteiger charge is -2.65. The van der Waals surface area contributed by atoms with E-state index in [2.05, 4.69) is 17.5 Å². The Labute approximate surface area is 212 Å². The molecule has 1 aliphatic heterocycles. The number of carbonyl (C=O) groups excluding carboxylic acids is 1. The van der Waals surface area contributed by atoms with Gasteiger partial charge in [0, 0.05) is 29.5 Å². The van der Waals surface area contributed by atoms with Crippen LogP contribution in [0.1, 0.15) is 64.7 Å². The van der Waals surface area contributed by atoms with Crippen LogP contribution in [0.15, 0.2) is 47.1 Å². The van der Waals surface area contributed by atoms with Crippen molar-refractivity contribution >= 4 is 17.9 Å². The van der Waals surface area contributed by atoms with E-state index >= 15 is 0 Å². The molecule has 4 saturated carbocycles. The number of fused-ring (bicyclic) bond motifs is 5. The zero-order valence-corrected chi connectivity index (χ0v) is 21.0. The number of aliphatic hydroxyl groups excluding tert-OH is 1. The molecule has 0 saturated heterocycles. The van der Waals surface area contributed by atoms with Crippen LogP contribution in [-0.2, 0) is 9.53 Å². The van der Waals surface area contributed by atoms with E-state index in [0.29, 0.717) is 38.7 Å². The highest BCUT2D eigenvalue weighted by Crippen LogP contribution is 2.70. The Morgan fingerprint density at radius 3 is 2.56 bits per heavy atom. The molecule has 4 fully saturated rings. The van der Waals surface area contributed by atoms with E-state index in [1.54, 1.807) is 6.08 Å². The van der Waals surface area contributed by atoms with Crippen molar-refractivity contribution in [3.63, 3.8) is 0 Å². The van der Waals surface area contributed by atoms with Gasteiger partial charge in [-0.05, 0) is 86.8 Å². The number of nitrogens with zero attached hydrogens (tertiary/aromatic N) is 1. The van der Waals surface area contributed by atoms with E-state index in [0.717, 1.165) is 36.9 Å². The highest BCUT2D eigenvalue weighted by atomic mass is 16.5. The number of nitrogens with one attached hydrogen (secondary N) is 1. The van der Waals surface area contributed by atoms with Crippen molar-refractivity contribution < 1.29 is 24.9 Å². The van der Waals surface area contributed by atoms with Crippen LogP contribution in [0, 0.1) is 28.6 Å². The Bertz CT molecular complexity index is 1090. The topological polar surface area (TPSA) is 111 Å². The van der Waals surface area contributed by atoms with Crippen LogP contribution in [0.4, 0.5) is 5.69 Å². The highest BCUT2D eigenvalue weighted by molar-refractivity contribution is 5.85. The normalized spacial score (nSPS) is 46.0. The van der Waals surface area contributed by atoms with Gasteiger partial charge >= 0.3 is 5.97 Å². The second-order valence-corrected chi connectivity index (χ2v) is 12.3. The molecule has 7 heteroatoms. The quantitative estimate of drug-likeness (QED) is 0.288. The molecule has 0 bridgehead atoms. The Kier molecular flexibility index (Phi) is 5.63. The van der Waals surface area contributed by atoms with E-state index in [9.17, 15) is 20.1 Å². The van der Waals surface area contributed by atoms with Gasteiger partial charge in [0.2, 0.25) is 0 Å². The molecule has 5 aliphatic rings. The van der Waals surface area contributed by atoms with Gasteiger partial charge in [0.05, 0.1) is 23.0 Å². The van der Waals surface area contributed by atoms with Gasteiger partial charge in [0.15, 0.2) is 0 Å². The monoisotopic (exact) mass is 494 g/mol. The van der Waals surface area contributed by atoms with E-state index in [1.807, 2.05) is 36.5 Å². The number of carbonyl (C=O) groups is 1. The molecule has 1 heterocycles. The Hall–Kier alpha value is -2.22. The minimum Gasteiger partial charge on any atom is -0.458 e. The number of hydrogen-bond donors (Lipinski definition) is 4. The predicted molar refractivity (Wildman–Crippen MR) is 136 cm³/mol. The van der Waals surface area contributed by atoms with Crippen LogP contribution in [0.5, 0.6) is 0 Å². The zero-order chi connectivity index (χ0) is 25.2. The number of aliphatic hydroxyl groups is 3. The first-order valence-electron chi connectivity index (χ1n) is 13.6. The van der Waals surface area contributed by atoms with E-state index in [4.69, 9.17) is 4.74 Å². The third kappa shape index (κ3) is 3.35. The van der Waals surface area contributed by atoms with Crippen molar-refractivity contribution in [1.29, 1.82) is 0 Å². The van der Waals surface area contributed by atoms with Gasteiger partial charge < -0.3 is 20.1 Å². The first-order valence-corrected chi connectivity index (χ1v) is 13.6. The first-order chi connectivity index (χ1) is 17.2. The summed E-state index contributed by atoms with van der Waals surface area (Å²) < 4.78 is 5.24. The summed E-state index contributed by atoms with van der Waals surface area (Å²) in [6, 6.07) is 9.77. The summed E-state index contributed by atoms with van der Waals surface area (Å²) in [5.74, 6) is -0.0496. The van der Waals surface area contributed by atoms with E-state index in [1.165, 1.54) is 0 Å². The van der Waals surface area contributed by atoms with Gasteiger partial charge in [-0.2, -0.15) is 5.10 Å². The number of rotatable bonds is 4. The fourth-order valence-electron chi connectivity index (χ4n) is 9.10. The summed E-state index contributed by atoms with van der Waals surface area (Å²) in [6.07, 6.45) is 9.15. The first kappa shape index (κ1) is 24.1. The summed E-state index contributed by atoms with van der Waals surface area (Å²) in [6.45, 7) is 2.54. The molecule has 0 unspecified atom stereocenters. The number of anilines is 1. The second-order valence-electron chi connectivity index (χ2n) is 12.3. The second kappa shape index (κ2) is 8.40. The maximum absolute atomic E-state index is 12.5. The van der Waals surface area contributed by atoms with Gasteiger partial charge in [0.1, 0.15) is 6.61 Å².